The summed E-state index contributed by atoms with van der Waals surface area (Å²) in [5.74, 6) is 0. The predicted molar refractivity (Wildman–Crippen MR) is 79.1 cm³/mol. The summed E-state index contributed by atoms with van der Waals surface area (Å²) in [5, 5.41) is 3.63. The van der Waals surface area contributed by atoms with Crippen molar-refractivity contribution in [3.63, 3.8) is 0 Å². The molecule has 3 heteroatoms. The van der Waals surface area contributed by atoms with Gasteiger partial charge in [-0.15, -0.1) is 0 Å². The van der Waals surface area contributed by atoms with E-state index in [-0.39, 0.29) is 0 Å². The first-order valence-corrected chi connectivity index (χ1v) is 7.52. The van der Waals surface area contributed by atoms with E-state index in [0.717, 1.165) is 19.1 Å². The van der Waals surface area contributed by atoms with Crippen LogP contribution in [-0.2, 0) is 13.1 Å². The third kappa shape index (κ3) is 3.78. The molecule has 1 aromatic rings. The van der Waals surface area contributed by atoms with E-state index < -0.39 is 0 Å². The third-order valence-electron chi connectivity index (χ3n) is 4.27. The molecule has 1 aliphatic carbocycles. The summed E-state index contributed by atoms with van der Waals surface area (Å²) in [6.45, 7) is 6.93. The van der Waals surface area contributed by atoms with E-state index in [0.29, 0.717) is 0 Å². The average molecular weight is 259 g/mol. The molecule has 1 aliphatic heterocycles. The van der Waals surface area contributed by atoms with Gasteiger partial charge in [-0.05, 0) is 31.0 Å². The highest BCUT2D eigenvalue weighted by atomic mass is 15.2. The van der Waals surface area contributed by atoms with Crippen molar-refractivity contribution >= 4 is 0 Å². The van der Waals surface area contributed by atoms with Crippen molar-refractivity contribution in [2.24, 2.45) is 0 Å². The number of nitrogens with zero attached hydrogens (tertiary/aromatic N) is 2. The molecule has 3 rings (SSSR count). The number of nitrogens with one attached hydrogen (secondary N) is 1. The van der Waals surface area contributed by atoms with E-state index in [2.05, 4.69) is 46.4 Å². The zero-order chi connectivity index (χ0) is 13.1. The molecule has 2 aliphatic rings. The second kappa shape index (κ2) is 6.04. The standard InChI is InChI=1S/C16H25N3/c1-18-8-10-19(11-9-18)13-15-5-3-2-4-14(15)12-17-16-6-7-16/h2-5,16-17H,6-13H2,1H3. The Hall–Kier alpha value is -0.900. The minimum Gasteiger partial charge on any atom is -0.310 e. The molecule has 0 bridgehead atoms. The lowest BCUT2D eigenvalue weighted by molar-refractivity contribution is 0.148. The molecule has 0 amide bonds. The second-order valence-corrected chi connectivity index (χ2v) is 6.00. The van der Waals surface area contributed by atoms with Gasteiger partial charge in [-0.1, -0.05) is 24.3 Å². The smallest absolute Gasteiger partial charge is 0.0238 e. The second-order valence-electron chi connectivity index (χ2n) is 6.00. The van der Waals surface area contributed by atoms with E-state index >= 15 is 0 Å². The lowest BCUT2D eigenvalue weighted by atomic mass is 10.1. The number of hydrogen-bond acceptors (Lipinski definition) is 3. The maximum absolute atomic E-state index is 3.63. The minimum atomic E-state index is 0.789. The highest BCUT2D eigenvalue weighted by molar-refractivity contribution is 5.27. The van der Waals surface area contributed by atoms with Gasteiger partial charge in [0.15, 0.2) is 0 Å². The Bertz CT molecular complexity index is 406. The largest absolute Gasteiger partial charge is 0.310 e. The van der Waals surface area contributed by atoms with Crippen molar-refractivity contribution in [2.75, 3.05) is 33.2 Å². The van der Waals surface area contributed by atoms with Gasteiger partial charge in [-0.3, -0.25) is 4.90 Å². The van der Waals surface area contributed by atoms with Crippen LogP contribution in [0.1, 0.15) is 24.0 Å². The highest BCUT2D eigenvalue weighted by Gasteiger charge is 2.21. The molecule has 1 aromatic carbocycles. The molecule has 1 heterocycles. The number of benzene rings is 1. The van der Waals surface area contributed by atoms with Crippen LogP contribution in [0.2, 0.25) is 0 Å². The zero-order valence-electron chi connectivity index (χ0n) is 11.9. The summed E-state index contributed by atoms with van der Waals surface area (Å²) in [6.07, 6.45) is 2.72. The first kappa shape index (κ1) is 13.1. The Balaban J connectivity index is 1.59. The van der Waals surface area contributed by atoms with Crippen LogP contribution < -0.4 is 5.32 Å². The van der Waals surface area contributed by atoms with Gasteiger partial charge in [-0.25, -0.2) is 0 Å². The summed E-state index contributed by atoms with van der Waals surface area (Å²) in [7, 11) is 2.21. The monoisotopic (exact) mass is 259 g/mol. The number of piperazine rings is 1. The van der Waals surface area contributed by atoms with Gasteiger partial charge in [0.1, 0.15) is 0 Å². The van der Waals surface area contributed by atoms with Gasteiger partial charge >= 0.3 is 0 Å². The maximum Gasteiger partial charge on any atom is 0.0238 e. The predicted octanol–water partition coefficient (Wildman–Crippen LogP) is 1.69. The van der Waals surface area contributed by atoms with E-state index in [1.807, 2.05) is 0 Å². The molecule has 0 spiro atoms. The Morgan fingerprint density at radius 3 is 2.42 bits per heavy atom. The van der Waals surface area contributed by atoms with Gasteiger partial charge in [0, 0.05) is 45.3 Å². The van der Waals surface area contributed by atoms with Gasteiger partial charge in [-0.2, -0.15) is 0 Å². The summed E-state index contributed by atoms with van der Waals surface area (Å²) < 4.78 is 0. The van der Waals surface area contributed by atoms with Crippen molar-refractivity contribution < 1.29 is 0 Å². The molecule has 104 valence electrons. The van der Waals surface area contributed by atoms with E-state index in [4.69, 9.17) is 0 Å². The molecule has 1 saturated carbocycles. The molecule has 0 aromatic heterocycles. The normalized spacial score (nSPS) is 21.7. The Morgan fingerprint density at radius 2 is 1.74 bits per heavy atom. The van der Waals surface area contributed by atoms with Crippen molar-refractivity contribution in [3.8, 4) is 0 Å². The first-order valence-electron chi connectivity index (χ1n) is 7.52. The molecule has 1 saturated heterocycles. The fourth-order valence-electron chi connectivity index (χ4n) is 2.67. The number of hydrogen-bond donors (Lipinski definition) is 1. The molecule has 0 unspecified atom stereocenters. The summed E-state index contributed by atoms with van der Waals surface area (Å²) >= 11 is 0. The molecule has 3 nitrogen and oxygen atoms in total. The SMILES string of the molecule is CN1CCN(Cc2ccccc2CNC2CC2)CC1. The molecular formula is C16H25N3. The van der Waals surface area contributed by atoms with Crippen LogP contribution in [-0.4, -0.2) is 49.1 Å². The van der Waals surface area contributed by atoms with Gasteiger partial charge in [0.25, 0.3) is 0 Å². The lowest BCUT2D eigenvalue weighted by Gasteiger charge is -2.32. The Kier molecular flexibility index (Phi) is 4.16. The number of likely N-dealkylation sites (N-methyl/N-ethyl adjacent to an activating group) is 1. The maximum atomic E-state index is 3.63. The van der Waals surface area contributed by atoms with Gasteiger partial charge in [0.05, 0.1) is 0 Å². The molecule has 0 atom stereocenters. The van der Waals surface area contributed by atoms with Gasteiger partial charge in [0.2, 0.25) is 0 Å². The van der Waals surface area contributed by atoms with Crippen LogP contribution in [0.25, 0.3) is 0 Å². The van der Waals surface area contributed by atoms with Crippen molar-refractivity contribution in [2.45, 2.75) is 32.0 Å². The molecule has 1 N–H and O–H groups in total. The fraction of sp³-hybridized carbons (Fsp3) is 0.625. The van der Waals surface area contributed by atoms with Crippen LogP contribution >= 0.6 is 0 Å². The molecule has 0 radical (unpaired) electrons. The van der Waals surface area contributed by atoms with Crippen LogP contribution in [0.15, 0.2) is 24.3 Å². The molecule has 19 heavy (non-hydrogen) atoms. The van der Waals surface area contributed by atoms with E-state index in [9.17, 15) is 0 Å². The van der Waals surface area contributed by atoms with Crippen molar-refractivity contribution in [3.05, 3.63) is 35.4 Å². The Morgan fingerprint density at radius 1 is 1.05 bits per heavy atom. The summed E-state index contributed by atoms with van der Waals surface area (Å²) in [6, 6.07) is 9.70. The quantitative estimate of drug-likeness (QED) is 0.868. The average Bonchev–Trinajstić information content (AvgIpc) is 3.25. The summed E-state index contributed by atoms with van der Waals surface area (Å²) in [4.78, 5) is 4.99. The number of rotatable bonds is 5. The van der Waals surface area contributed by atoms with E-state index in [1.54, 1.807) is 0 Å². The van der Waals surface area contributed by atoms with Crippen LogP contribution in [0.4, 0.5) is 0 Å². The fourth-order valence-corrected chi connectivity index (χ4v) is 2.67. The zero-order valence-corrected chi connectivity index (χ0v) is 11.9. The van der Waals surface area contributed by atoms with E-state index in [1.165, 1.54) is 50.1 Å². The van der Waals surface area contributed by atoms with Crippen LogP contribution in [0.3, 0.4) is 0 Å². The first-order chi connectivity index (χ1) is 9.31. The topological polar surface area (TPSA) is 18.5 Å². The van der Waals surface area contributed by atoms with Crippen molar-refractivity contribution in [1.29, 1.82) is 0 Å². The molecule has 2 fully saturated rings. The van der Waals surface area contributed by atoms with Crippen LogP contribution in [0, 0.1) is 0 Å². The van der Waals surface area contributed by atoms with Gasteiger partial charge < -0.3 is 10.2 Å². The minimum absolute atomic E-state index is 0.789. The highest BCUT2D eigenvalue weighted by Crippen LogP contribution is 2.20. The third-order valence-corrected chi connectivity index (χ3v) is 4.27. The Labute approximate surface area is 116 Å². The lowest BCUT2D eigenvalue weighted by Crippen LogP contribution is -2.44. The molecular weight excluding hydrogens is 234 g/mol. The van der Waals surface area contributed by atoms with Crippen molar-refractivity contribution in [1.82, 2.24) is 15.1 Å². The summed E-state index contributed by atoms with van der Waals surface area (Å²) in [5.41, 5.74) is 2.98. The van der Waals surface area contributed by atoms with Crippen LogP contribution in [0.5, 0.6) is 0 Å².